The van der Waals surface area contributed by atoms with Crippen molar-refractivity contribution >= 4 is 23.7 Å². The third-order valence-electron chi connectivity index (χ3n) is 3.96. The fourth-order valence-corrected chi connectivity index (χ4v) is 2.28. The van der Waals surface area contributed by atoms with Crippen molar-refractivity contribution in [3.8, 4) is 0 Å². The number of guanidine groups is 1. The Labute approximate surface area is 164 Å². The van der Waals surface area contributed by atoms with Crippen molar-refractivity contribution in [2.75, 3.05) is 13.1 Å². The van der Waals surface area contributed by atoms with Gasteiger partial charge in [0.25, 0.3) is 0 Å². The van der Waals surface area contributed by atoms with Crippen LogP contribution in [-0.4, -0.2) is 71.3 Å². The summed E-state index contributed by atoms with van der Waals surface area (Å²) in [6.07, 6.45) is 0.766. The number of amides is 2. The molecule has 0 saturated carbocycles. The molecule has 0 aromatic rings. The summed E-state index contributed by atoms with van der Waals surface area (Å²) in [4.78, 5) is 39.8. The van der Waals surface area contributed by atoms with Crippen LogP contribution in [0.5, 0.6) is 0 Å². The number of nitrogens with zero attached hydrogens (tertiary/aromatic N) is 1. The average Bonchev–Trinajstić information content (AvgIpc) is 2.61. The number of aliphatic carboxylic acids is 1. The van der Waals surface area contributed by atoms with Gasteiger partial charge in [0.2, 0.25) is 11.8 Å². The number of nitrogens with two attached hydrogens (primary N) is 4. The molecule has 12 heteroatoms. The molecule has 0 fully saturated rings. The van der Waals surface area contributed by atoms with Crippen LogP contribution < -0.4 is 33.6 Å². The first-order chi connectivity index (χ1) is 13.1. The van der Waals surface area contributed by atoms with Gasteiger partial charge in [0.1, 0.15) is 18.1 Å². The quantitative estimate of drug-likeness (QED) is 0.0833. The summed E-state index contributed by atoms with van der Waals surface area (Å²) in [7, 11) is 0. The molecule has 0 aromatic heterocycles. The first-order valence-corrected chi connectivity index (χ1v) is 9.12. The van der Waals surface area contributed by atoms with Gasteiger partial charge in [-0.3, -0.25) is 14.6 Å². The average molecular weight is 403 g/mol. The van der Waals surface area contributed by atoms with Gasteiger partial charge in [-0.2, -0.15) is 0 Å². The second-order valence-corrected chi connectivity index (χ2v) is 6.46. The highest BCUT2D eigenvalue weighted by molar-refractivity contribution is 5.91. The van der Waals surface area contributed by atoms with Crippen molar-refractivity contribution in [2.45, 2.75) is 63.3 Å². The maximum atomic E-state index is 12.5. The third kappa shape index (κ3) is 10.6. The predicted molar refractivity (Wildman–Crippen MR) is 104 cm³/mol. The lowest BCUT2D eigenvalue weighted by Crippen LogP contribution is -2.56. The topological polar surface area (TPSA) is 232 Å². The molecule has 0 aliphatic rings. The summed E-state index contributed by atoms with van der Waals surface area (Å²) in [6.45, 7) is 1.99. The number of rotatable bonds is 14. The predicted octanol–water partition coefficient (Wildman–Crippen LogP) is -3.07. The summed E-state index contributed by atoms with van der Waals surface area (Å²) in [5.41, 5.74) is 21.4. The monoisotopic (exact) mass is 403 g/mol. The number of hydrogen-bond donors (Lipinski definition) is 8. The molecule has 162 valence electrons. The van der Waals surface area contributed by atoms with Gasteiger partial charge >= 0.3 is 5.97 Å². The maximum absolute atomic E-state index is 12.5. The molecule has 12 N–H and O–H groups in total. The van der Waals surface area contributed by atoms with Gasteiger partial charge in [0.05, 0.1) is 6.10 Å². The lowest BCUT2D eigenvalue weighted by Gasteiger charge is -2.23. The van der Waals surface area contributed by atoms with Crippen LogP contribution in [0.3, 0.4) is 0 Å². The van der Waals surface area contributed by atoms with Crippen LogP contribution in [0.15, 0.2) is 4.99 Å². The van der Waals surface area contributed by atoms with E-state index in [0.717, 1.165) is 0 Å². The Bertz CT molecular complexity index is 537. The Kier molecular flexibility index (Phi) is 12.5. The van der Waals surface area contributed by atoms with E-state index in [2.05, 4.69) is 15.6 Å². The SMILES string of the molecule is C[C@@H](O)[C@H](N)C(=O)N[C@@H](CCCCN)C(=O)N[C@@H](CCCN=C(N)N)C(=O)O. The number of nitrogens with one attached hydrogen (secondary N) is 2. The molecule has 2 amide bonds. The second-order valence-electron chi connectivity index (χ2n) is 6.46. The molecule has 0 aromatic carbocycles. The van der Waals surface area contributed by atoms with Crippen LogP contribution in [0.2, 0.25) is 0 Å². The number of carbonyl (C=O) groups is 3. The first kappa shape index (κ1) is 25.6. The van der Waals surface area contributed by atoms with Crippen molar-refractivity contribution < 1.29 is 24.6 Å². The largest absolute Gasteiger partial charge is 0.480 e. The van der Waals surface area contributed by atoms with Gasteiger partial charge in [0, 0.05) is 6.54 Å². The number of carboxylic acid groups (broad SMARTS) is 1. The summed E-state index contributed by atoms with van der Waals surface area (Å²) < 4.78 is 0. The molecule has 0 unspecified atom stereocenters. The van der Waals surface area contributed by atoms with E-state index in [1.165, 1.54) is 6.92 Å². The summed E-state index contributed by atoms with van der Waals surface area (Å²) in [5, 5.41) is 23.6. The highest BCUT2D eigenvalue weighted by Crippen LogP contribution is 2.05. The third-order valence-corrected chi connectivity index (χ3v) is 3.96. The van der Waals surface area contributed by atoms with Crippen molar-refractivity contribution in [1.29, 1.82) is 0 Å². The molecule has 0 radical (unpaired) electrons. The number of carboxylic acids is 1. The van der Waals surface area contributed by atoms with Crippen LogP contribution in [0.4, 0.5) is 0 Å². The second kappa shape index (κ2) is 13.7. The standard InChI is InChI=1S/C16H33N7O5/c1-9(24)12(18)14(26)22-10(5-2-3-7-17)13(25)23-11(15(27)28)6-4-8-21-16(19)20/h9-12,24H,2-8,17-18H2,1H3,(H,22,26)(H,23,25)(H,27,28)(H4,19,20,21)/t9-,10+,11+,12+/m1/s1. The van der Waals surface area contributed by atoms with Gasteiger partial charge in [-0.25, -0.2) is 4.79 Å². The number of aliphatic hydroxyl groups excluding tert-OH is 1. The Morgan fingerprint density at radius 2 is 1.57 bits per heavy atom. The lowest BCUT2D eigenvalue weighted by atomic mass is 10.1. The molecule has 4 atom stereocenters. The zero-order chi connectivity index (χ0) is 21.7. The van der Waals surface area contributed by atoms with E-state index in [4.69, 9.17) is 22.9 Å². The van der Waals surface area contributed by atoms with E-state index in [-0.39, 0.29) is 25.3 Å². The van der Waals surface area contributed by atoms with Crippen molar-refractivity contribution in [3.63, 3.8) is 0 Å². The molecule has 0 aliphatic heterocycles. The van der Waals surface area contributed by atoms with Crippen molar-refractivity contribution in [2.24, 2.45) is 27.9 Å². The van der Waals surface area contributed by atoms with Crippen LogP contribution in [0.1, 0.15) is 39.0 Å². The van der Waals surface area contributed by atoms with Gasteiger partial charge < -0.3 is 43.8 Å². The Balaban J connectivity index is 4.97. The number of unbranched alkanes of at least 4 members (excludes halogenated alkanes) is 1. The minimum atomic E-state index is -1.22. The molecule has 0 heterocycles. The Hall–Kier alpha value is -2.44. The number of hydrogen-bond acceptors (Lipinski definition) is 7. The highest BCUT2D eigenvalue weighted by atomic mass is 16.4. The zero-order valence-electron chi connectivity index (χ0n) is 16.1. The summed E-state index contributed by atoms with van der Waals surface area (Å²) in [5.74, 6) is -2.68. The smallest absolute Gasteiger partial charge is 0.326 e. The molecule has 0 saturated heterocycles. The number of aliphatic hydroxyl groups is 1. The normalized spacial score (nSPS) is 15.0. The molecular weight excluding hydrogens is 370 g/mol. The Morgan fingerprint density at radius 3 is 2.07 bits per heavy atom. The van der Waals surface area contributed by atoms with Gasteiger partial charge in [-0.15, -0.1) is 0 Å². The highest BCUT2D eigenvalue weighted by Gasteiger charge is 2.28. The molecule has 0 rings (SSSR count). The van der Waals surface area contributed by atoms with Gasteiger partial charge in [-0.05, 0) is 45.6 Å². The number of aliphatic imine (C=N–C) groups is 1. The maximum Gasteiger partial charge on any atom is 0.326 e. The fraction of sp³-hybridized carbons (Fsp3) is 0.750. The van der Waals surface area contributed by atoms with Crippen LogP contribution >= 0.6 is 0 Å². The molecular formula is C16H33N7O5. The molecule has 0 spiro atoms. The summed E-state index contributed by atoms with van der Waals surface area (Å²) in [6, 6.07) is -3.37. The number of carbonyl (C=O) groups excluding carboxylic acids is 2. The lowest BCUT2D eigenvalue weighted by molar-refractivity contribution is -0.142. The van der Waals surface area contributed by atoms with E-state index in [9.17, 15) is 24.6 Å². The molecule has 0 bridgehead atoms. The van der Waals surface area contributed by atoms with Gasteiger partial charge in [-0.1, -0.05) is 0 Å². The van der Waals surface area contributed by atoms with Gasteiger partial charge in [0.15, 0.2) is 5.96 Å². The minimum Gasteiger partial charge on any atom is -0.480 e. The fourth-order valence-electron chi connectivity index (χ4n) is 2.28. The van der Waals surface area contributed by atoms with Crippen molar-refractivity contribution in [3.05, 3.63) is 0 Å². The Morgan fingerprint density at radius 1 is 1.00 bits per heavy atom. The molecule has 28 heavy (non-hydrogen) atoms. The molecule has 12 nitrogen and oxygen atoms in total. The van der Waals surface area contributed by atoms with Crippen LogP contribution in [0.25, 0.3) is 0 Å². The van der Waals surface area contributed by atoms with Crippen LogP contribution in [0, 0.1) is 0 Å². The van der Waals surface area contributed by atoms with E-state index in [1.54, 1.807) is 0 Å². The van der Waals surface area contributed by atoms with E-state index in [0.29, 0.717) is 25.8 Å². The van der Waals surface area contributed by atoms with E-state index in [1.807, 2.05) is 0 Å². The first-order valence-electron chi connectivity index (χ1n) is 9.12. The van der Waals surface area contributed by atoms with Crippen molar-refractivity contribution in [1.82, 2.24) is 10.6 Å². The van der Waals surface area contributed by atoms with E-state index >= 15 is 0 Å². The molecule has 0 aliphatic carbocycles. The van der Waals surface area contributed by atoms with E-state index < -0.39 is 42.0 Å². The zero-order valence-corrected chi connectivity index (χ0v) is 16.1. The summed E-state index contributed by atoms with van der Waals surface area (Å²) >= 11 is 0. The minimum absolute atomic E-state index is 0.104. The van der Waals surface area contributed by atoms with Crippen LogP contribution in [-0.2, 0) is 14.4 Å².